The number of aliphatic hydroxyl groups is 1. The topological polar surface area (TPSA) is 60.8 Å². The van der Waals surface area contributed by atoms with Crippen molar-refractivity contribution in [2.24, 2.45) is 5.41 Å². The number of carboxylic acid groups (broad SMARTS) is 1. The maximum atomic E-state index is 11.4. The smallest absolute Gasteiger partial charge is 0.311 e. The summed E-state index contributed by atoms with van der Waals surface area (Å²) in [6.07, 6.45) is 10.2. The first-order valence-electron chi connectivity index (χ1n) is 9.05. The molecule has 0 aliphatic rings. The average molecular weight is 315 g/mol. The quantitative estimate of drug-likeness (QED) is 0.450. The van der Waals surface area contributed by atoms with Gasteiger partial charge in [0, 0.05) is 0 Å². The van der Waals surface area contributed by atoms with Gasteiger partial charge in [0.25, 0.3) is 0 Å². The Labute approximate surface area is 136 Å². The van der Waals surface area contributed by atoms with E-state index in [1.54, 1.807) is 0 Å². The van der Waals surface area contributed by atoms with Gasteiger partial charge < -0.3 is 15.1 Å². The maximum absolute atomic E-state index is 11.4. The molecule has 0 aromatic rings. The molecule has 2 N–H and O–H groups in total. The normalized spacial score (nSPS) is 14.2. The lowest BCUT2D eigenvalue weighted by molar-refractivity contribution is -0.152. The highest BCUT2D eigenvalue weighted by Gasteiger charge is 2.36. The molecule has 0 fully saturated rings. The second-order valence-electron chi connectivity index (χ2n) is 6.67. The van der Waals surface area contributed by atoms with Crippen molar-refractivity contribution in [3.8, 4) is 0 Å². The van der Waals surface area contributed by atoms with E-state index in [4.69, 9.17) is 0 Å². The van der Waals surface area contributed by atoms with Crippen molar-refractivity contribution in [3.05, 3.63) is 0 Å². The van der Waals surface area contributed by atoms with Gasteiger partial charge in [-0.25, -0.2) is 0 Å². The summed E-state index contributed by atoms with van der Waals surface area (Å²) in [5.41, 5.74) is -0.916. The Balaban J connectivity index is 3.83. The molecule has 0 amide bonds. The molecule has 0 aromatic heterocycles. The highest BCUT2D eigenvalue weighted by Crippen LogP contribution is 2.30. The monoisotopic (exact) mass is 315 g/mol. The molecule has 0 heterocycles. The second kappa shape index (κ2) is 12.9. The Hall–Kier alpha value is -0.610. The summed E-state index contributed by atoms with van der Waals surface area (Å²) < 4.78 is 0. The molecule has 0 saturated carbocycles. The molecule has 0 spiro atoms. The fourth-order valence-electron chi connectivity index (χ4n) is 2.99. The molecular formula is C18H37NO3. The minimum absolute atomic E-state index is 0.243. The van der Waals surface area contributed by atoms with E-state index in [0.29, 0.717) is 12.8 Å². The van der Waals surface area contributed by atoms with E-state index in [1.165, 1.54) is 25.7 Å². The number of unbranched alkanes of at least 4 members (excludes halogenated alkanes) is 5. The lowest BCUT2D eigenvalue weighted by atomic mass is 9.79. The first-order valence-corrected chi connectivity index (χ1v) is 9.05. The first-order chi connectivity index (χ1) is 10.5. The van der Waals surface area contributed by atoms with Crippen molar-refractivity contribution in [2.45, 2.75) is 78.1 Å². The van der Waals surface area contributed by atoms with Crippen LogP contribution >= 0.6 is 0 Å². The Kier molecular flexibility index (Phi) is 12.5. The van der Waals surface area contributed by atoms with Crippen molar-refractivity contribution in [3.63, 3.8) is 0 Å². The summed E-state index contributed by atoms with van der Waals surface area (Å²) in [5.74, 6) is -0.843. The number of aliphatic carboxylic acids is 1. The zero-order chi connectivity index (χ0) is 16.8. The van der Waals surface area contributed by atoms with Crippen LogP contribution in [0, 0.1) is 5.41 Å². The number of hydrogen-bond donors (Lipinski definition) is 2. The standard InChI is InChI=1S/C18H37NO3/c1-4-6-7-10-14-19(3)15-11-8-9-13-18(16-20,12-5-2)17(21)22/h20H,4-16H2,1-3H3,(H,21,22). The molecule has 0 radical (unpaired) electrons. The molecule has 0 bridgehead atoms. The number of aliphatic hydroxyl groups excluding tert-OH is 1. The zero-order valence-electron chi connectivity index (χ0n) is 14.9. The van der Waals surface area contributed by atoms with Gasteiger partial charge >= 0.3 is 5.97 Å². The summed E-state index contributed by atoms with van der Waals surface area (Å²) in [4.78, 5) is 13.8. The Morgan fingerprint density at radius 1 is 0.909 bits per heavy atom. The SMILES string of the molecule is CCCCCCN(C)CCCCCC(CO)(CCC)C(=O)O. The summed E-state index contributed by atoms with van der Waals surface area (Å²) in [7, 11) is 2.16. The fourth-order valence-corrected chi connectivity index (χ4v) is 2.99. The third kappa shape index (κ3) is 8.74. The van der Waals surface area contributed by atoms with E-state index < -0.39 is 11.4 Å². The molecule has 22 heavy (non-hydrogen) atoms. The van der Waals surface area contributed by atoms with Gasteiger partial charge in [0.2, 0.25) is 0 Å². The maximum Gasteiger partial charge on any atom is 0.311 e. The van der Waals surface area contributed by atoms with Crippen LogP contribution in [0.1, 0.15) is 78.1 Å². The molecule has 4 nitrogen and oxygen atoms in total. The van der Waals surface area contributed by atoms with Crippen LogP contribution in [0.4, 0.5) is 0 Å². The molecular weight excluding hydrogens is 278 g/mol. The summed E-state index contributed by atoms with van der Waals surface area (Å²) in [6.45, 7) is 6.20. The van der Waals surface area contributed by atoms with E-state index >= 15 is 0 Å². The van der Waals surface area contributed by atoms with Gasteiger partial charge in [-0.2, -0.15) is 0 Å². The summed E-state index contributed by atoms with van der Waals surface area (Å²) in [6, 6.07) is 0. The number of carbonyl (C=O) groups is 1. The average Bonchev–Trinajstić information content (AvgIpc) is 2.50. The minimum Gasteiger partial charge on any atom is -0.481 e. The van der Waals surface area contributed by atoms with Crippen LogP contribution < -0.4 is 0 Å². The summed E-state index contributed by atoms with van der Waals surface area (Å²) >= 11 is 0. The number of carboxylic acids is 1. The van der Waals surface area contributed by atoms with E-state index in [9.17, 15) is 15.0 Å². The number of nitrogens with zero attached hydrogens (tertiary/aromatic N) is 1. The molecule has 0 aliphatic heterocycles. The number of hydrogen-bond acceptors (Lipinski definition) is 3. The fraction of sp³-hybridized carbons (Fsp3) is 0.944. The summed E-state index contributed by atoms with van der Waals surface area (Å²) in [5, 5.41) is 18.8. The lowest BCUT2D eigenvalue weighted by Crippen LogP contribution is -2.34. The van der Waals surface area contributed by atoms with Crippen LogP contribution in [-0.4, -0.2) is 47.8 Å². The van der Waals surface area contributed by atoms with Gasteiger partial charge in [-0.05, 0) is 45.8 Å². The van der Waals surface area contributed by atoms with Crippen molar-refractivity contribution < 1.29 is 15.0 Å². The van der Waals surface area contributed by atoms with Crippen molar-refractivity contribution in [1.82, 2.24) is 4.90 Å². The Bertz CT molecular complexity index is 284. The van der Waals surface area contributed by atoms with Crippen molar-refractivity contribution >= 4 is 5.97 Å². The van der Waals surface area contributed by atoms with Crippen molar-refractivity contribution in [2.75, 3.05) is 26.7 Å². The third-order valence-electron chi connectivity index (χ3n) is 4.57. The predicted octanol–water partition coefficient (Wildman–Crippen LogP) is 3.92. The van der Waals surface area contributed by atoms with Crippen LogP contribution in [0.5, 0.6) is 0 Å². The molecule has 4 heteroatoms. The van der Waals surface area contributed by atoms with E-state index in [-0.39, 0.29) is 6.61 Å². The highest BCUT2D eigenvalue weighted by molar-refractivity contribution is 5.74. The molecule has 1 unspecified atom stereocenters. The molecule has 132 valence electrons. The van der Waals surface area contributed by atoms with Gasteiger partial charge in [0.1, 0.15) is 0 Å². The Morgan fingerprint density at radius 3 is 1.95 bits per heavy atom. The largest absolute Gasteiger partial charge is 0.481 e. The second-order valence-corrected chi connectivity index (χ2v) is 6.67. The molecule has 0 rings (SSSR count). The predicted molar refractivity (Wildman–Crippen MR) is 92.2 cm³/mol. The molecule has 0 saturated heterocycles. The lowest BCUT2D eigenvalue weighted by Gasteiger charge is -2.27. The molecule has 0 aliphatic carbocycles. The highest BCUT2D eigenvalue weighted by atomic mass is 16.4. The van der Waals surface area contributed by atoms with Crippen LogP contribution in [-0.2, 0) is 4.79 Å². The molecule has 1 atom stereocenters. The minimum atomic E-state index is -0.916. The van der Waals surface area contributed by atoms with Crippen molar-refractivity contribution in [1.29, 1.82) is 0 Å². The van der Waals surface area contributed by atoms with Gasteiger partial charge in [0.15, 0.2) is 0 Å². The third-order valence-corrected chi connectivity index (χ3v) is 4.57. The van der Waals surface area contributed by atoms with Crippen LogP contribution in [0.3, 0.4) is 0 Å². The Morgan fingerprint density at radius 2 is 1.50 bits per heavy atom. The van der Waals surface area contributed by atoms with Crippen LogP contribution in [0.2, 0.25) is 0 Å². The van der Waals surface area contributed by atoms with Crippen LogP contribution in [0.15, 0.2) is 0 Å². The first kappa shape index (κ1) is 21.4. The van der Waals surface area contributed by atoms with Gasteiger partial charge in [-0.1, -0.05) is 52.4 Å². The van der Waals surface area contributed by atoms with Gasteiger partial charge in [0.05, 0.1) is 12.0 Å². The number of rotatable bonds is 15. The van der Waals surface area contributed by atoms with E-state index in [2.05, 4.69) is 18.9 Å². The van der Waals surface area contributed by atoms with Crippen LogP contribution in [0.25, 0.3) is 0 Å². The van der Waals surface area contributed by atoms with E-state index in [0.717, 1.165) is 38.8 Å². The molecule has 0 aromatic carbocycles. The van der Waals surface area contributed by atoms with Gasteiger partial charge in [-0.3, -0.25) is 4.79 Å². The zero-order valence-corrected chi connectivity index (χ0v) is 14.9. The van der Waals surface area contributed by atoms with E-state index in [1.807, 2.05) is 6.92 Å². The van der Waals surface area contributed by atoms with Gasteiger partial charge in [-0.15, -0.1) is 0 Å².